The van der Waals surface area contributed by atoms with Crippen molar-refractivity contribution in [1.82, 2.24) is 25.5 Å². The lowest BCUT2D eigenvalue weighted by Crippen LogP contribution is -2.59. The minimum atomic E-state index is -4.52. The fourth-order valence-electron chi connectivity index (χ4n) is 7.01. The standard InChI is InChI=1S/C31H44F3N7O2/c1-17(42)36-25-16-21(40-30(2,3)4)10-12-26(25)41-14-13-24(29(41)43)38-28-22-15-19(31(32,33)34)7-11-23(22)37-27(39-28)18-5-8-20(35)9-6-18/h7,11,15,18,20-21,24-26,40H,5-6,8-10,12-14,16,35H2,1-4H3,(H,36,42)(H,37,38,39)/t18?,20?,21-,24+,25-,26+/m1/s1. The zero-order chi connectivity index (χ0) is 31.1. The number of hydrogen-bond acceptors (Lipinski definition) is 7. The van der Waals surface area contributed by atoms with Crippen LogP contribution in [0.4, 0.5) is 19.0 Å². The van der Waals surface area contributed by atoms with Crippen molar-refractivity contribution < 1.29 is 22.8 Å². The van der Waals surface area contributed by atoms with Crippen molar-refractivity contribution in [3.8, 4) is 0 Å². The molecular formula is C31H44F3N7O2. The van der Waals surface area contributed by atoms with Gasteiger partial charge in [-0.25, -0.2) is 9.97 Å². The summed E-state index contributed by atoms with van der Waals surface area (Å²) in [6.45, 7) is 8.29. The first-order chi connectivity index (χ1) is 20.2. The van der Waals surface area contributed by atoms with Gasteiger partial charge in [-0.2, -0.15) is 13.2 Å². The van der Waals surface area contributed by atoms with Crippen molar-refractivity contribution in [1.29, 1.82) is 0 Å². The number of amides is 2. The van der Waals surface area contributed by atoms with Crippen LogP contribution in [0.5, 0.6) is 0 Å². The average molecular weight is 604 g/mol. The first-order valence-corrected chi connectivity index (χ1v) is 15.4. The molecule has 2 aromatic rings. The van der Waals surface area contributed by atoms with E-state index in [0.717, 1.165) is 50.7 Å². The predicted octanol–water partition coefficient (Wildman–Crippen LogP) is 4.46. The van der Waals surface area contributed by atoms with Gasteiger partial charge in [0.1, 0.15) is 17.7 Å². The molecular weight excluding hydrogens is 559 g/mol. The molecule has 2 aliphatic carbocycles. The van der Waals surface area contributed by atoms with Gasteiger partial charge in [0.05, 0.1) is 23.2 Å². The zero-order valence-electron chi connectivity index (χ0n) is 25.4. The molecule has 43 heavy (non-hydrogen) atoms. The highest BCUT2D eigenvalue weighted by molar-refractivity contribution is 5.93. The highest BCUT2D eigenvalue weighted by atomic mass is 19.4. The van der Waals surface area contributed by atoms with Crippen LogP contribution in [0.1, 0.15) is 96.4 Å². The molecule has 4 atom stereocenters. The van der Waals surface area contributed by atoms with E-state index >= 15 is 0 Å². The number of nitrogens with zero attached hydrogens (tertiary/aromatic N) is 3. The number of fused-ring (bicyclic) bond motifs is 1. The van der Waals surface area contributed by atoms with Gasteiger partial charge in [0, 0.05) is 42.4 Å². The van der Waals surface area contributed by atoms with Gasteiger partial charge in [0.25, 0.3) is 0 Å². The van der Waals surface area contributed by atoms with E-state index in [1.54, 1.807) is 0 Å². The number of nitrogens with two attached hydrogens (primary N) is 1. The third-order valence-corrected chi connectivity index (χ3v) is 8.97. The molecule has 0 unspecified atom stereocenters. The molecule has 0 bridgehead atoms. The zero-order valence-corrected chi connectivity index (χ0v) is 25.4. The van der Waals surface area contributed by atoms with Gasteiger partial charge in [-0.05, 0) is 90.3 Å². The summed E-state index contributed by atoms with van der Waals surface area (Å²) in [7, 11) is 0. The van der Waals surface area contributed by atoms with E-state index in [0.29, 0.717) is 30.7 Å². The van der Waals surface area contributed by atoms with Crippen LogP contribution < -0.4 is 21.7 Å². The summed E-state index contributed by atoms with van der Waals surface area (Å²) in [6, 6.07) is 2.81. The SMILES string of the molecule is CC(=O)N[C@@H]1C[C@H](NC(C)(C)C)CC[C@@H]1N1CC[C@H](Nc2nc(C3CCC(N)CC3)nc3ccc(C(F)(F)F)cc23)C1=O. The summed E-state index contributed by atoms with van der Waals surface area (Å²) in [5.41, 5.74) is 5.64. The molecule has 3 fully saturated rings. The van der Waals surface area contributed by atoms with Gasteiger partial charge in [-0.1, -0.05) is 0 Å². The number of likely N-dealkylation sites (tertiary alicyclic amines) is 1. The van der Waals surface area contributed by atoms with Gasteiger partial charge in [0.15, 0.2) is 0 Å². The van der Waals surface area contributed by atoms with Crippen molar-refractivity contribution in [2.45, 2.75) is 127 Å². The quantitative estimate of drug-likeness (QED) is 0.384. The Balaban J connectivity index is 1.40. The van der Waals surface area contributed by atoms with E-state index < -0.39 is 17.8 Å². The number of aromatic nitrogens is 2. The number of alkyl halides is 3. The molecule has 1 saturated heterocycles. The third kappa shape index (κ3) is 7.39. The smallest absolute Gasteiger partial charge is 0.358 e. The van der Waals surface area contributed by atoms with E-state index in [-0.39, 0.29) is 58.6 Å². The Hall–Kier alpha value is -2.99. The maximum Gasteiger partial charge on any atom is 0.416 e. The highest BCUT2D eigenvalue weighted by Crippen LogP contribution is 2.37. The molecule has 5 N–H and O–H groups in total. The molecule has 2 amide bonds. The molecule has 12 heteroatoms. The third-order valence-electron chi connectivity index (χ3n) is 8.97. The van der Waals surface area contributed by atoms with Crippen LogP contribution in [0.15, 0.2) is 18.2 Å². The number of carbonyl (C=O) groups is 2. The van der Waals surface area contributed by atoms with Crippen molar-refractivity contribution in [2.24, 2.45) is 5.73 Å². The Morgan fingerprint density at radius 3 is 2.40 bits per heavy atom. The second kappa shape index (κ2) is 12.2. The summed E-state index contributed by atoms with van der Waals surface area (Å²) < 4.78 is 41.0. The van der Waals surface area contributed by atoms with E-state index in [2.05, 4.69) is 41.7 Å². The number of hydrogen-bond donors (Lipinski definition) is 4. The highest BCUT2D eigenvalue weighted by Gasteiger charge is 2.43. The first kappa shape index (κ1) is 31.4. The van der Waals surface area contributed by atoms with Gasteiger partial charge in [-0.3, -0.25) is 9.59 Å². The lowest BCUT2D eigenvalue weighted by Gasteiger charge is -2.43. The second-order valence-electron chi connectivity index (χ2n) is 13.6. The van der Waals surface area contributed by atoms with E-state index in [4.69, 9.17) is 10.7 Å². The van der Waals surface area contributed by atoms with Crippen molar-refractivity contribution >= 4 is 28.5 Å². The molecule has 1 aliphatic heterocycles. The monoisotopic (exact) mass is 603 g/mol. The fourth-order valence-corrected chi connectivity index (χ4v) is 7.01. The maximum atomic E-state index is 13.8. The lowest BCUT2D eigenvalue weighted by molar-refractivity contribution is -0.137. The molecule has 2 heterocycles. The summed E-state index contributed by atoms with van der Waals surface area (Å²) in [5, 5.41) is 10.2. The normalized spacial score (nSPS) is 28.7. The molecule has 2 saturated carbocycles. The first-order valence-electron chi connectivity index (χ1n) is 15.4. The van der Waals surface area contributed by atoms with Gasteiger partial charge >= 0.3 is 6.18 Å². The van der Waals surface area contributed by atoms with Gasteiger partial charge in [0.2, 0.25) is 11.8 Å². The van der Waals surface area contributed by atoms with Crippen LogP contribution in [-0.4, -0.2) is 69.0 Å². The molecule has 0 spiro atoms. The van der Waals surface area contributed by atoms with Crippen LogP contribution >= 0.6 is 0 Å². The summed E-state index contributed by atoms with van der Waals surface area (Å²) >= 11 is 0. The number of carbonyl (C=O) groups excluding carboxylic acids is 2. The number of nitrogens with one attached hydrogen (secondary N) is 3. The van der Waals surface area contributed by atoms with E-state index in [1.165, 1.54) is 13.0 Å². The predicted molar refractivity (Wildman–Crippen MR) is 159 cm³/mol. The molecule has 236 valence electrons. The molecule has 0 radical (unpaired) electrons. The van der Waals surface area contributed by atoms with E-state index in [9.17, 15) is 22.8 Å². The van der Waals surface area contributed by atoms with Gasteiger partial charge < -0.3 is 26.6 Å². The Labute approximate surface area is 250 Å². The molecule has 3 aliphatic rings. The van der Waals surface area contributed by atoms with Crippen molar-refractivity contribution in [3.63, 3.8) is 0 Å². The molecule has 9 nitrogen and oxygen atoms in total. The van der Waals surface area contributed by atoms with Crippen LogP contribution in [0.25, 0.3) is 10.9 Å². The molecule has 5 rings (SSSR count). The summed E-state index contributed by atoms with van der Waals surface area (Å²) in [4.78, 5) is 37.2. The Morgan fingerprint density at radius 2 is 1.74 bits per heavy atom. The van der Waals surface area contributed by atoms with Crippen molar-refractivity contribution in [3.05, 3.63) is 29.6 Å². The van der Waals surface area contributed by atoms with Crippen molar-refractivity contribution in [2.75, 3.05) is 11.9 Å². The number of anilines is 1. The fraction of sp³-hybridized carbons (Fsp3) is 0.677. The molecule has 1 aromatic carbocycles. The Morgan fingerprint density at radius 1 is 1.02 bits per heavy atom. The van der Waals surface area contributed by atoms with Crippen LogP contribution in [-0.2, 0) is 15.8 Å². The lowest BCUT2D eigenvalue weighted by atomic mass is 9.84. The minimum absolute atomic E-state index is 0.0538. The number of halogens is 3. The summed E-state index contributed by atoms with van der Waals surface area (Å²) in [6.07, 6.45) is 1.53. The number of benzene rings is 1. The van der Waals surface area contributed by atoms with Crippen LogP contribution in [0.2, 0.25) is 0 Å². The van der Waals surface area contributed by atoms with Crippen LogP contribution in [0.3, 0.4) is 0 Å². The van der Waals surface area contributed by atoms with Crippen LogP contribution in [0, 0.1) is 0 Å². The second-order valence-corrected chi connectivity index (χ2v) is 13.6. The Bertz CT molecular complexity index is 1340. The largest absolute Gasteiger partial charge is 0.416 e. The minimum Gasteiger partial charge on any atom is -0.358 e. The Kier molecular flexibility index (Phi) is 8.91. The molecule has 1 aromatic heterocycles. The maximum absolute atomic E-state index is 13.8. The topological polar surface area (TPSA) is 125 Å². The van der Waals surface area contributed by atoms with Gasteiger partial charge in [-0.15, -0.1) is 0 Å². The van der Waals surface area contributed by atoms with E-state index in [1.807, 2.05) is 4.90 Å². The average Bonchev–Trinajstić information content (AvgIpc) is 3.26. The number of rotatable bonds is 6. The summed E-state index contributed by atoms with van der Waals surface area (Å²) in [5.74, 6) is 0.596.